The molecule has 0 fully saturated rings. The fraction of sp³-hybridized carbons (Fsp3) is 0.310. The Morgan fingerprint density at radius 3 is 2.18 bits per heavy atom. The van der Waals surface area contributed by atoms with E-state index in [1.54, 1.807) is 31.2 Å². The molecule has 208 valence electrons. The lowest BCUT2D eigenvalue weighted by atomic mass is 10.1. The standard InChI is InChI=1S/C29H33Cl2N3O4S/c1-20(2)17-32-29(36)22(4)33(18-23-12-9-8-11-21(23)3)27(35)19-34(26-16-10-15-25(30)28(26)31)39(37,38)24-13-6-5-7-14-24/h5-16,20,22H,17-19H2,1-4H3,(H,32,36)/t22-/m0/s1. The highest BCUT2D eigenvalue weighted by molar-refractivity contribution is 7.92. The summed E-state index contributed by atoms with van der Waals surface area (Å²) >= 11 is 12.7. The Hall–Kier alpha value is -3.07. The van der Waals surface area contributed by atoms with E-state index in [1.807, 2.05) is 45.0 Å². The second-order valence-corrected chi connectivity index (χ2v) is 12.3. The minimum Gasteiger partial charge on any atom is -0.354 e. The van der Waals surface area contributed by atoms with Crippen molar-refractivity contribution in [3.63, 3.8) is 0 Å². The van der Waals surface area contributed by atoms with Gasteiger partial charge in [0.05, 0.1) is 20.6 Å². The van der Waals surface area contributed by atoms with Gasteiger partial charge in [0.2, 0.25) is 11.8 Å². The SMILES string of the molecule is Cc1ccccc1CN(C(=O)CN(c1cccc(Cl)c1Cl)S(=O)(=O)c1ccccc1)[C@@H](C)C(=O)NCC(C)C. The molecular weight excluding hydrogens is 557 g/mol. The summed E-state index contributed by atoms with van der Waals surface area (Å²) in [4.78, 5) is 28.4. The number of nitrogens with one attached hydrogen (secondary N) is 1. The van der Waals surface area contributed by atoms with Crippen LogP contribution in [0.15, 0.2) is 77.7 Å². The average Bonchev–Trinajstić information content (AvgIpc) is 2.91. The first-order valence-electron chi connectivity index (χ1n) is 12.6. The van der Waals surface area contributed by atoms with E-state index in [2.05, 4.69) is 5.32 Å². The van der Waals surface area contributed by atoms with Crippen molar-refractivity contribution in [2.24, 2.45) is 5.92 Å². The van der Waals surface area contributed by atoms with Gasteiger partial charge in [0, 0.05) is 13.1 Å². The molecule has 0 saturated heterocycles. The molecule has 0 aliphatic carbocycles. The molecule has 0 aliphatic heterocycles. The summed E-state index contributed by atoms with van der Waals surface area (Å²) in [6, 6.07) is 19.0. The van der Waals surface area contributed by atoms with Gasteiger partial charge in [-0.2, -0.15) is 0 Å². The third kappa shape index (κ3) is 7.53. The van der Waals surface area contributed by atoms with Crippen LogP contribution in [0.25, 0.3) is 0 Å². The summed E-state index contributed by atoms with van der Waals surface area (Å²) in [5.41, 5.74) is 1.85. The van der Waals surface area contributed by atoms with Gasteiger partial charge in [-0.1, -0.05) is 85.6 Å². The number of carbonyl (C=O) groups is 2. The molecule has 0 spiro atoms. The zero-order valence-electron chi connectivity index (χ0n) is 22.4. The number of amides is 2. The third-order valence-electron chi connectivity index (χ3n) is 6.26. The van der Waals surface area contributed by atoms with E-state index < -0.39 is 28.5 Å². The van der Waals surface area contributed by atoms with Gasteiger partial charge in [-0.15, -0.1) is 0 Å². The average molecular weight is 591 g/mol. The molecule has 39 heavy (non-hydrogen) atoms. The van der Waals surface area contributed by atoms with Gasteiger partial charge in [0.1, 0.15) is 12.6 Å². The van der Waals surface area contributed by atoms with Gasteiger partial charge in [-0.05, 0) is 55.2 Å². The Morgan fingerprint density at radius 2 is 1.54 bits per heavy atom. The lowest BCUT2D eigenvalue weighted by Crippen LogP contribution is -2.51. The zero-order valence-corrected chi connectivity index (χ0v) is 24.7. The molecule has 10 heteroatoms. The van der Waals surface area contributed by atoms with Gasteiger partial charge >= 0.3 is 0 Å². The minimum absolute atomic E-state index is 0.000323. The van der Waals surface area contributed by atoms with Crippen molar-refractivity contribution in [1.29, 1.82) is 0 Å². The smallest absolute Gasteiger partial charge is 0.264 e. The monoisotopic (exact) mass is 589 g/mol. The molecule has 0 unspecified atom stereocenters. The summed E-state index contributed by atoms with van der Waals surface area (Å²) in [5.74, 6) is -0.678. The van der Waals surface area contributed by atoms with Gasteiger partial charge < -0.3 is 10.2 Å². The van der Waals surface area contributed by atoms with Crippen LogP contribution in [0.1, 0.15) is 31.9 Å². The second kappa shape index (κ2) is 13.3. The molecule has 0 heterocycles. The molecular formula is C29H33Cl2N3O4S. The fourth-order valence-corrected chi connectivity index (χ4v) is 5.82. The van der Waals surface area contributed by atoms with Crippen molar-refractivity contribution in [2.75, 3.05) is 17.4 Å². The summed E-state index contributed by atoms with van der Waals surface area (Å²) in [5, 5.41) is 3.02. The first-order chi connectivity index (χ1) is 18.4. The largest absolute Gasteiger partial charge is 0.354 e. The van der Waals surface area contributed by atoms with Crippen molar-refractivity contribution in [1.82, 2.24) is 10.2 Å². The van der Waals surface area contributed by atoms with Gasteiger partial charge in [0.15, 0.2) is 0 Å². The highest BCUT2D eigenvalue weighted by Crippen LogP contribution is 2.35. The number of anilines is 1. The van der Waals surface area contributed by atoms with Crippen LogP contribution in [-0.4, -0.2) is 44.3 Å². The Kier molecular flexibility index (Phi) is 10.4. The Labute approximate surface area is 240 Å². The Balaban J connectivity index is 2.05. The number of nitrogens with zero attached hydrogens (tertiary/aromatic N) is 2. The predicted molar refractivity (Wildman–Crippen MR) is 156 cm³/mol. The van der Waals surface area contributed by atoms with Crippen molar-refractivity contribution in [3.05, 3.63) is 94.0 Å². The number of hydrogen-bond donors (Lipinski definition) is 1. The minimum atomic E-state index is -4.23. The van der Waals surface area contributed by atoms with Crippen LogP contribution < -0.4 is 9.62 Å². The van der Waals surface area contributed by atoms with Crippen LogP contribution in [0.3, 0.4) is 0 Å². The summed E-state index contributed by atoms with van der Waals surface area (Å²) in [6.07, 6.45) is 0. The fourth-order valence-electron chi connectivity index (χ4n) is 3.92. The molecule has 7 nitrogen and oxygen atoms in total. The first-order valence-corrected chi connectivity index (χ1v) is 14.8. The summed E-state index contributed by atoms with van der Waals surface area (Å²) in [6.45, 7) is 7.47. The molecule has 2 amide bonds. The molecule has 1 atom stereocenters. The molecule has 0 saturated carbocycles. The maximum absolute atomic E-state index is 14.0. The lowest BCUT2D eigenvalue weighted by Gasteiger charge is -2.32. The van der Waals surface area contributed by atoms with Crippen LogP contribution in [0.5, 0.6) is 0 Å². The van der Waals surface area contributed by atoms with E-state index >= 15 is 0 Å². The van der Waals surface area contributed by atoms with Crippen LogP contribution >= 0.6 is 23.2 Å². The van der Waals surface area contributed by atoms with E-state index in [0.29, 0.717) is 6.54 Å². The highest BCUT2D eigenvalue weighted by atomic mass is 35.5. The molecule has 0 aliphatic rings. The normalized spacial score (nSPS) is 12.2. The van der Waals surface area contributed by atoms with Crippen molar-refractivity contribution in [3.8, 4) is 0 Å². The van der Waals surface area contributed by atoms with E-state index in [-0.39, 0.29) is 39.0 Å². The topological polar surface area (TPSA) is 86.8 Å². The van der Waals surface area contributed by atoms with E-state index in [9.17, 15) is 18.0 Å². The van der Waals surface area contributed by atoms with E-state index in [4.69, 9.17) is 23.2 Å². The quantitative estimate of drug-likeness (QED) is 0.311. The van der Waals surface area contributed by atoms with Crippen molar-refractivity contribution in [2.45, 2.75) is 45.2 Å². The summed E-state index contributed by atoms with van der Waals surface area (Å²) in [7, 11) is -4.23. The molecule has 3 aromatic carbocycles. The van der Waals surface area contributed by atoms with Crippen LogP contribution in [0.4, 0.5) is 5.69 Å². The van der Waals surface area contributed by atoms with E-state index in [1.165, 1.54) is 29.2 Å². The van der Waals surface area contributed by atoms with Crippen molar-refractivity contribution < 1.29 is 18.0 Å². The van der Waals surface area contributed by atoms with Crippen molar-refractivity contribution >= 4 is 50.7 Å². The number of halogens is 2. The maximum atomic E-state index is 14.0. The molecule has 0 aromatic heterocycles. The summed E-state index contributed by atoms with van der Waals surface area (Å²) < 4.78 is 28.6. The van der Waals surface area contributed by atoms with Gasteiger partial charge in [-0.3, -0.25) is 13.9 Å². The zero-order chi connectivity index (χ0) is 28.7. The molecule has 0 bridgehead atoms. The van der Waals surface area contributed by atoms with Crippen LogP contribution in [-0.2, 0) is 26.2 Å². The number of benzene rings is 3. The molecule has 3 aromatic rings. The molecule has 1 N–H and O–H groups in total. The van der Waals surface area contributed by atoms with E-state index in [0.717, 1.165) is 15.4 Å². The van der Waals surface area contributed by atoms with Crippen LogP contribution in [0.2, 0.25) is 10.0 Å². The maximum Gasteiger partial charge on any atom is 0.264 e. The highest BCUT2D eigenvalue weighted by Gasteiger charge is 2.33. The third-order valence-corrected chi connectivity index (χ3v) is 8.85. The van der Waals surface area contributed by atoms with Gasteiger partial charge in [-0.25, -0.2) is 8.42 Å². The number of rotatable bonds is 11. The number of sulfonamides is 1. The lowest BCUT2D eigenvalue weighted by molar-refractivity contribution is -0.139. The Bertz CT molecular complexity index is 1420. The van der Waals surface area contributed by atoms with Gasteiger partial charge in [0.25, 0.3) is 10.0 Å². The Morgan fingerprint density at radius 1 is 0.897 bits per heavy atom. The predicted octanol–water partition coefficient (Wildman–Crippen LogP) is 5.69. The number of carbonyl (C=O) groups excluding carboxylic acids is 2. The molecule has 0 radical (unpaired) electrons. The first kappa shape index (κ1) is 30.5. The second-order valence-electron chi connectivity index (χ2n) is 9.66. The molecule has 3 rings (SSSR count). The number of hydrogen-bond acceptors (Lipinski definition) is 4. The number of aryl methyl sites for hydroxylation is 1. The van der Waals surface area contributed by atoms with Crippen LogP contribution in [0, 0.1) is 12.8 Å².